The van der Waals surface area contributed by atoms with Crippen LogP contribution in [0.1, 0.15) is 21.5 Å². The fourth-order valence-electron chi connectivity index (χ4n) is 3.70. The quantitative estimate of drug-likeness (QED) is 0.647. The lowest BCUT2D eigenvalue weighted by Gasteiger charge is -2.26. The number of nitrogens with zero attached hydrogens (tertiary/aromatic N) is 2. The number of hydrogen-bond donors (Lipinski definition) is 0. The van der Waals surface area contributed by atoms with Gasteiger partial charge in [-0.3, -0.25) is 9.10 Å². The number of benzene rings is 3. The molecular weight excluding hydrogens is 384 g/mol. The van der Waals surface area contributed by atoms with E-state index in [1.54, 1.807) is 29.2 Å². The van der Waals surface area contributed by atoms with Gasteiger partial charge < -0.3 is 4.90 Å². The molecule has 0 saturated heterocycles. The number of amides is 1. The molecule has 0 unspecified atom stereocenters. The molecule has 3 aromatic rings. The lowest BCUT2D eigenvalue weighted by atomic mass is 10.1. The summed E-state index contributed by atoms with van der Waals surface area (Å²) in [5, 5.41) is 0. The highest BCUT2D eigenvalue weighted by molar-refractivity contribution is 7.92. The number of hydrogen-bond acceptors (Lipinski definition) is 3. The molecule has 4 rings (SSSR count). The number of para-hydroxylation sites is 2. The predicted molar refractivity (Wildman–Crippen MR) is 116 cm³/mol. The van der Waals surface area contributed by atoms with Crippen molar-refractivity contribution in [2.24, 2.45) is 0 Å². The normalized spacial score (nSPS) is 13.2. The minimum Gasteiger partial charge on any atom is -0.308 e. The smallest absolute Gasteiger partial charge is 0.260 e. The molecule has 1 amide bonds. The first-order valence-electron chi connectivity index (χ1n) is 9.45. The van der Waals surface area contributed by atoms with Crippen molar-refractivity contribution in [1.82, 2.24) is 0 Å². The van der Waals surface area contributed by atoms with Crippen LogP contribution in [0.2, 0.25) is 0 Å². The van der Waals surface area contributed by atoms with E-state index in [2.05, 4.69) is 0 Å². The van der Waals surface area contributed by atoms with Gasteiger partial charge in [0, 0.05) is 12.2 Å². The van der Waals surface area contributed by atoms with Crippen LogP contribution in [0.15, 0.2) is 78.9 Å². The molecule has 0 saturated carbocycles. The van der Waals surface area contributed by atoms with Crippen LogP contribution in [0.3, 0.4) is 0 Å². The van der Waals surface area contributed by atoms with Gasteiger partial charge in [0.15, 0.2) is 0 Å². The number of carbonyl (C=O) groups is 1. The Kier molecular flexibility index (Phi) is 5.11. The first-order chi connectivity index (χ1) is 13.9. The zero-order valence-electron chi connectivity index (χ0n) is 16.2. The van der Waals surface area contributed by atoms with Gasteiger partial charge >= 0.3 is 0 Å². The molecule has 1 aliphatic heterocycles. The van der Waals surface area contributed by atoms with Crippen LogP contribution in [0.4, 0.5) is 11.4 Å². The average molecular weight is 407 g/mol. The summed E-state index contributed by atoms with van der Waals surface area (Å²) < 4.78 is 26.6. The van der Waals surface area contributed by atoms with Crippen LogP contribution in [0.5, 0.6) is 0 Å². The molecule has 1 aliphatic rings. The minimum atomic E-state index is -3.59. The average Bonchev–Trinajstić information content (AvgIpc) is 3.16. The Morgan fingerprint density at radius 2 is 1.59 bits per heavy atom. The van der Waals surface area contributed by atoms with E-state index in [-0.39, 0.29) is 12.5 Å². The van der Waals surface area contributed by atoms with Crippen LogP contribution in [-0.4, -0.2) is 27.1 Å². The molecule has 0 radical (unpaired) electrons. The third-order valence-corrected chi connectivity index (χ3v) is 6.23. The fraction of sp³-hybridized carbons (Fsp3) is 0.174. The monoisotopic (exact) mass is 406 g/mol. The van der Waals surface area contributed by atoms with E-state index in [1.807, 2.05) is 54.6 Å². The molecule has 5 nitrogen and oxygen atoms in total. The number of anilines is 2. The third-order valence-electron chi connectivity index (χ3n) is 5.10. The topological polar surface area (TPSA) is 57.7 Å². The van der Waals surface area contributed by atoms with Crippen molar-refractivity contribution in [3.8, 4) is 0 Å². The maximum Gasteiger partial charge on any atom is 0.260 e. The summed E-state index contributed by atoms with van der Waals surface area (Å²) in [6.45, 7) is 0.755. The molecule has 0 aliphatic carbocycles. The molecule has 6 heteroatoms. The van der Waals surface area contributed by atoms with Crippen molar-refractivity contribution in [2.45, 2.75) is 13.0 Å². The molecule has 148 valence electrons. The van der Waals surface area contributed by atoms with Gasteiger partial charge in [0.1, 0.15) is 0 Å². The fourth-order valence-corrected chi connectivity index (χ4v) is 4.60. The van der Waals surface area contributed by atoms with E-state index in [0.717, 1.165) is 23.2 Å². The number of carbonyl (C=O) groups excluding carboxylic acids is 1. The first-order valence-corrected chi connectivity index (χ1v) is 11.3. The van der Waals surface area contributed by atoms with Crippen molar-refractivity contribution in [1.29, 1.82) is 0 Å². The van der Waals surface area contributed by atoms with Crippen LogP contribution in [0.25, 0.3) is 0 Å². The van der Waals surface area contributed by atoms with Crippen molar-refractivity contribution < 1.29 is 13.2 Å². The highest BCUT2D eigenvalue weighted by Gasteiger charge is 2.29. The van der Waals surface area contributed by atoms with Crippen LogP contribution < -0.4 is 9.21 Å². The SMILES string of the molecule is CS(=O)(=O)N(Cc1ccccc1)c1ccccc1C(=O)N1CCc2ccccc21. The van der Waals surface area contributed by atoms with Gasteiger partial charge in [-0.2, -0.15) is 0 Å². The van der Waals surface area contributed by atoms with E-state index in [0.29, 0.717) is 17.8 Å². The maximum atomic E-state index is 13.4. The Bertz CT molecular complexity index is 1140. The minimum absolute atomic E-state index is 0.167. The van der Waals surface area contributed by atoms with Crippen LogP contribution in [0, 0.1) is 0 Å². The summed E-state index contributed by atoms with van der Waals surface area (Å²) in [5.41, 5.74) is 3.65. The molecule has 29 heavy (non-hydrogen) atoms. The summed E-state index contributed by atoms with van der Waals surface area (Å²) in [4.78, 5) is 15.2. The zero-order valence-corrected chi connectivity index (χ0v) is 17.0. The van der Waals surface area contributed by atoms with E-state index >= 15 is 0 Å². The first kappa shape index (κ1) is 19.2. The lowest BCUT2D eigenvalue weighted by molar-refractivity contribution is 0.0990. The van der Waals surface area contributed by atoms with Crippen LogP contribution in [-0.2, 0) is 23.0 Å². The van der Waals surface area contributed by atoms with Crippen LogP contribution >= 0.6 is 0 Å². The standard InChI is InChI=1S/C23H22N2O3S/c1-29(27,28)25(17-18-9-3-2-4-10-18)22-14-8-6-12-20(22)23(26)24-16-15-19-11-5-7-13-21(19)24/h2-14H,15-17H2,1H3. The van der Waals surface area contributed by atoms with E-state index < -0.39 is 10.0 Å². The number of rotatable bonds is 5. The predicted octanol–water partition coefficient (Wildman–Crippen LogP) is 3.86. The van der Waals surface area contributed by atoms with Gasteiger partial charge in [-0.05, 0) is 35.7 Å². The second kappa shape index (κ2) is 7.72. The van der Waals surface area contributed by atoms with Crippen molar-refractivity contribution in [3.05, 3.63) is 95.6 Å². The summed E-state index contributed by atoms with van der Waals surface area (Å²) >= 11 is 0. The Hall–Kier alpha value is -3.12. The second-order valence-corrected chi connectivity index (χ2v) is 9.01. The molecule has 0 atom stereocenters. The Labute approximate surface area is 171 Å². The van der Waals surface area contributed by atoms with Gasteiger partial charge in [0.2, 0.25) is 10.0 Å². The largest absolute Gasteiger partial charge is 0.308 e. The van der Waals surface area contributed by atoms with Crippen molar-refractivity contribution in [2.75, 3.05) is 22.0 Å². The highest BCUT2D eigenvalue weighted by atomic mass is 32.2. The third kappa shape index (κ3) is 3.89. The van der Waals surface area contributed by atoms with E-state index in [4.69, 9.17) is 0 Å². The van der Waals surface area contributed by atoms with Gasteiger partial charge in [-0.1, -0.05) is 60.7 Å². The lowest BCUT2D eigenvalue weighted by Crippen LogP contribution is -2.34. The molecular formula is C23H22N2O3S. The summed E-state index contributed by atoms with van der Waals surface area (Å²) in [7, 11) is -3.59. The molecule has 0 fully saturated rings. The Balaban J connectivity index is 1.74. The summed E-state index contributed by atoms with van der Waals surface area (Å²) in [5.74, 6) is -0.188. The van der Waals surface area contributed by atoms with E-state index in [9.17, 15) is 13.2 Å². The summed E-state index contributed by atoms with van der Waals surface area (Å²) in [6.07, 6.45) is 1.96. The molecule has 3 aromatic carbocycles. The number of fused-ring (bicyclic) bond motifs is 1. The van der Waals surface area contributed by atoms with Gasteiger partial charge in [-0.25, -0.2) is 8.42 Å². The Morgan fingerprint density at radius 3 is 2.34 bits per heavy atom. The highest BCUT2D eigenvalue weighted by Crippen LogP contribution is 2.32. The van der Waals surface area contributed by atoms with Gasteiger partial charge in [0.25, 0.3) is 5.91 Å². The van der Waals surface area contributed by atoms with Crippen molar-refractivity contribution >= 4 is 27.3 Å². The molecule has 1 heterocycles. The molecule has 0 N–H and O–H groups in total. The maximum absolute atomic E-state index is 13.4. The zero-order chi connectivity index (χ0) is 20.4. The number of sulfonamides is 1. The summed E-state index contributed by atoms with van der Waals surface area (Å²) in [6, 6.07) is 24.1. The van der Waals surface area contributed by atoms with Crippen molar-refractivity contribution in [3.63, 3.8) is 0 Å². The van der Waals surface area contributed by atoms with Gasteiger partial charge in [0.05, 0.1) is 24.1 Å². The molecule has 0 aromatic heterocycles. The second-order valence-electron chi connectivity index (χ2n) is 7.11. The molecule has 0 spiro atoms. The van der Waals surface area contributed by atoms with E-state index in [1.165, 1.54) is 10.6 Å². The molecule has 0 bridgehead atoms. The Morgan fingerprint density at radius 1 is 0.931 bits per heavy atom. The van der Waals surface area contributed by atoms with Gasteiger partial charge in [-0.15, -0.1) is 0 Å².